The minimum absolute atomic E-state index is 0.103. The summed E-state index contributed by atoms with van der Waals surface area (Å²) in [5.74, 6) is 0.0776. The molecule has 3 aromatic rings. The minimum atomic E-state index is -0.540. The van der Waals surface area contributed by atoms with Crippen molar-refractivity contribution in [3.8, 4) is 11.1 Å². The van der Waals surface area contributed by atoms with Gasteiger partial charge in [-0.3, -0.25) is 4.79 Å². The molecule has 4 rings (SSSR count). The quantitative estimate of drug-likeness (QED) is 0.644. The van der Waals surface area contributed by atoms with Crippen molar-refractivity contribution in [3.05, 3.63) is 34.7 Å². The lowest BCUT2D eigenvalue weighted by molar-refractivity contribution is 0.0186. The van der Waals surface area contributed by atoms with E-state index in [0.717, 1.165) is 24.0 Å². The molecule has 1 atom stereocenters. The number of thiophene rings is 1. The molecule has 1 saturated heterocycles. The van der Waals surface area contributed by atoms with Crippen LogP contribution >= 0.6 is 11.3 Å². The first-order valence-corrected chi connectivity index (χ1v) is 11.1. The van der Waals surface area contributed by atoms with Gasteiger partial charge in [0.2, 0.25) is 5.95 Å². The van der Waals surface area contributed by atoms with Gasteiger partial charge in [0.25, 0.3) is 5.91 Å². The Labute approximate surface area is 184 Å². The number of hydrogen-bond donors (Lipinski definition) is 2. The van der Waals surface area contributed by atoms with E-state index in [1.54, 1.807) is 9.42 Å². The molecule has 0 saturated carbocycles. The lowest BCUT2D eigenvalue weighted by Gasteiger charge is -2.34. The largest absolute Gasteiger partial charge is 0.444 e. The van der Waals surface area contributed by atoms with Crippen molar-refractivity contribution in [1.82, 2.24) is 24.8 Å². The topological polar surface area (TPSA) is 115 Å². The number of rotatable bonds is 3. The minimum Gasteiger partial charge on any atom is -0.444 e. The van der Waals surface area contributed by atoms with Crippen molar-refractivity contribution in [2.75, 3.05) is 18.8 Å². The molecule has 0 bridgehead atoms. The molecule has 9 nitrogen and oxygen atoms in total. The van der Waals surface area contributed by atoms with Gasteiger partial charge in [-0.2, -0.15) is 4.98 Å². The number of ether oxygens (including phenoxy) is 1. The zero-order chi connectivity index (χ0) is 22.2. The average molecular weight is 443 g/mol. The van der Waals surface area contributed by atoms with Crippen LogP contribution in [-0.2, 0) is 4.74 Å². The smallest absolute Gasteiger partial charge is 0.410 e. The number of fused-ring (bicyclic) bond motifs is 1. The number of piperidine rings is 1. The summed E-state index contributed by atoms with van der Waals surface area (Å²) in [5.41, 5.74) is 7.61. The highest BCUT2D eigenvalue weighted by Gasteiger charge is 2.28. The molecule has 31 heavy (non-hydrogen) atoms. The van der Waals surface area contributed by atoms with Gasteiger partial charge < -0.3 is 20.7 Å². The molecule has 3 aromatic heterocycles. The van der Waals surface area contributed by atoms with Crippen molar-refractivity contribution in [2.24, 2.45) is 0 Å². The average Bonchev–Trinajstić information content (AvgIpc) is 3.32. The Morgan fingerprint density at radius 3 is 2.87 bits per heavy atom. The van der Waals surface area contributed by atoms with E-state index in [1.165, 1.54) is 11.3 Å². The predicted octanol–water partition coefficient (Wildman–Crippen LogP) is 3.17. The van der Waals surface area contributed by atoms with E-state index in [4.69, 9.17) is 10.5 Å². The molecule has 1 unspecified atom stereocenters. The third-order valence-corrected chi connectivity index (χ3v) is 5.84. The fourth-order valence-electron chi connectivity index (χ4n) is 3.52. The molecular formula is C21H26N6O3S. The van der Waals surface area contributed by atoms with E-state index < -0.39 is 5.60 Å². The van der Waals surface area contributed by atoms with Gasteiger partial charge in [0.05, 0.1) is 4.88 Å². The molecule has 10 heteroatoms. The molecular weight excluding hydrogens is 416 g/mol. The third kappa shape index (κ3) is 4.96. The van der Waals surface area contributed by atoms with Crippen LogP contribution in [0, 0.1) is 0 Å². The van der Waals surface area contributed by atoms with Gasteiger partial charge in [0, 0.05) is 30.9 Å². The molecule has 0 spiro atoms. The molecule has 0 aromatic carbocycles. The van der Waals surface area contributed by atoms with E-state index in [9.17, 15) is 9.59 Å². The fourth-order valence-corrected chi connectivity index (χ4v) is 4.34. The van der Waals surface area contributed by atoms with Gasteiger partial charge in [-0.05, 0) is 62.8 Å². The number of anilines is 1. The zero-order valence-corrected chi connectivity index (χ0v) is 18.6. The summed E-state index contributed by atoms with van der Waals surface area (Å²) in [5, 5.41) is 9.12. The molecule has 0 radical (unpaired) electrons. The number of amides is 2. The highest BCUT2D eigenvalue weighted by molar-refractivity contribution is 7.12. The number of nitrogens with zero attached hydrogens (tertiary/aromatic N) is 4. The Morgan fingerprint density at radius 2 is 2.10 bits per heavy atom. The number of hydrogen-bond acceptors (Lipinski definition) is 7. The van der Waals surface area contributed by atoms with Crippen LogP contribution in [0.4, 0.5) is 10.7 Å². The van der Waals surface area contributed by atoms with Crippen LogP contribution in [0.5, 0.6) is 0 Å². The second kappa shape index (κ2) is 8.18. The molecule has 2 amide bonds. The number of pyridine rings is 1. The van der Waals surface area contributed by atoms with Crippen LogP contribution in [0.1, 0.15) is 43.3 Å². The molecule has 1 aliphatic heterocycles. The SMILES string of the molecule is CC(C)(C)OC(=O)N1CCCC(NC(=O)c2cc(-c3ccc4nc(N)nn4c3)cs2)C1. The number of likely N-dealkylation sites (tertiary alicyclic amines) is 1. The number of aromatic nitrogens is 3. The van der Waals surface area contributed by atoms with Crippen LogP contribution in [0.15, 0.2) is 29.8 Å². The highest BCUT2D eigenvalue weighted by Crippen LogP contribution is 2.26. The number of carbonyl (C=O) groups is 2. The summed E-state index contributed by atoms with van der Waals surface area (Å²) in [7, 11) is 0. The summed E-state index contributed by atoms with van der Waals surface area (Å²) in [6.45, 7) is 6.62. The standard InChI is InChI=1S/C21H26N6O3S/c1-21(2,3)30-20(29)26-8-4-5-15(11-26)23-18(28)16-9-14(12-31-16)13-6-7-17-24-19(22)25-27(17)10-13/h6-7,9-10,12,15H,4-5,8,11H2,1-3H3,(H2,22,25)(H,23,28). The van der Waals surface area contributed by atoms with Crippen LogP contribution in [0.25, 0.3) is 16.8 Å². The van der Waals surface area contributed by atoms with Crippen LogP contribution in [-0.4, -0.2) is 56.2 Å². The maximum Gasteiger partial charge on any atom is 0.410 e. The predicted molar refractivity (Wildman–Crippen MR) is 119 cm³/mol. The highest BCUT2D eigenvalue weighted by atomic mass is 32.1. The van der Waals surface area contributed by atoms with E-state index in [-0.39, 0.29) is 24.0 Å². The summed E-state index contributed by atoms with van der Waals surface area (Å²) >= 11 is 1.38. The summed E-state index contributed by atoms with van der Waals surface area (Å²) < 4.78 is 7.08. The lowest BCUT2D eigenvalue weighted by Crippen LogP contribution is -2.50. The van der Waals surface area contributed by atoms with Gasteiger partial charge in [-0.1, -0.05) is 0 Å². The van der Waals surface area contributed by atoms with Crippen molar-refractivity contribution in [2.45, 2.75) is 45.3 Å². The van der Waals surface area contributed by atoms with Gasteiger partial charge in [-0.25, -0.2) is 9.31 Å². The van der Waals surface area contributed by atoms with E-state index in [1.807, 2.05) is 50.5 Å². The van der Waals surface area contributed by atoms with Crippen molar-refractivity contribution in [1.29, 1.82) is 0 Å². The maximum atomic E-state index is 12.8. The van der Waals surface area contributed by atoms with Crippen molar-refractivity contribution in [3.63, 3.8) is 0 Å². The molecule has 1 fully saturated rings. The van der Waals surface area contributed by atoms with Crippen molar-refractivity contribution >= 4 is 34.9 Å². The second-order valence-corrected chi connectivity index (χ2v) is 9.54. The summed E-state index contributed by atoms with van der Waals surface area (Å²) in [6.07, 6.45) is 3.14. The first kappa shape index (κ1) is 21.1. The lowest BCUT2D eigenvalue weighted by atomic mass is 10.1. The van der Waals surface area contributed by atoms with Crippen LogP contribution in [0.3, 0.4) is 0 Å². The van der Waals surface area contributed by atoms with Gasteiger partial charge >= 0.3 is 6.09 Å². The number of nitrogens with two attached hydrogens (primary N) is 1. The van der Waals surface area contributed by atoms with Crippen LogP contribution < -0.4 is 11.1 Å². The monoisotopic (exact) mass is 442 g/mol. The molecule has 0 aliphatic carbocycles. The Balaban J connectivity index is 1.41. The number of carbonyl (C=O) groups excluding carboxylic acids is 2. The van der Waals surface area contributed by atoms with Gasteiger partial charge in [-0.15, -0.1) is 16.4 Å². The van der Waals surface area contributed by atoms with Gasteiger partial charge in [0.15, 0.2) is 5.65 Å². The Hall–Kier alpha value is -3.14. The first-order valence-electron chi connectivity index (χ1n) is 10.2. The van der Waals surface area contributed by atoms with Crippen LogP contribution in [0.2, 0.25) is 0 Å². The molecule has 4 heterocycles. The number of nitrogen functional groups attached to an aromatic ring is 1. The first-order chi connectivity index (χ1) is 14.7. The second-order valence-electron chi connectivity index (χ2n) is 8.63. The van der Waals surface area contributed by atoms with E-state index in [0.29, 0.717) is 23.6 Å². The Bertz CT molecular complexity index is 1120. The van der Waals surface area contributed by atoms with E-state index in [2.05, 4.69) is 15.4 Å². The van der Waals surface area contributed by atoms with Gasteiger partial charge in [0.1, 0.15) is 5.60 Å². The molecule has 3 N–H and O–H groups in total. The third-order valence-electron chi connectivity index (χ3n) is 4.91. The number of nitrogens with one attached hydrogen (secondary N) is 1. The van der Waals surface area contributed by atoms with E-state index >= 15 is 0 Å². The fraction of sp³-hybridized carbons (Fsp3) is 0.429. The molecule has 1 aliphatic rings. The van der Waals surface area contributed by atoms with Crippen molar-refractivity contribution < 1.29 is 14.3 Å². The zero-order valence-electron chi connectivity index (χ0n) is 17.8. The maximum absolute atomic E-state index is 12.8. The Kier molecular flexibility index (Phi) is 5.57. The Morgan fingerprint density at radius 1 is 1.29 bits per heavy atom. The summed E-state index contributed by atoms with van der Waals surface area (Å²) in [6, 6.07) is 5.51. The molecule has 164 valence electrons. The normalized spacial score (nSPS) is 17.0. The summed E-state index contributed by atoms with van der Waals surface area (Å²) in [4.78, 5) is 31.5.